The van der Waals surface area contributed by atoms with E-state index in [9.17, 15) is 14.4 Å². The first-order valence-electron chi connectivity index (χ1n) is 8.45. The lowest BCUT2D eigenvalue weighted by Gasteiger charge is -2.09. The summed E-state index contributed by atoms with van der Waals surface area (Å²) in [5, 5.41) is 8.08. The number of aryl methyl sites for hydroxylation is 1. The number of hydrogen-bond acceptors (Lipinski definition) is 5. The van der Waals surface area contributed by atoms with Gasteiger partial charge in [0.05, 0.1) is 30.4 Å². The molecule has 3 amide bonds. The Balaban J connectivity index is 1.52. The van der Waals surface area contributed by atoms with E-state index in [-0.39, 0.29) is 18.8 Å². The Hall–Kier alpha value is -3.04. The van der Waals surface area contributed by atoms with Crippen molar-refractivity contribution in [2.24, 2.45) is 0 Å². The Bertz CT molecular complexity index is 1080. The molecule has 3 N–H and O–H groups in total. The minimum Gasteiger partial charge on any atom is -0.308 e. The standard InChI is InChI=1S/C19H18BrN5O3/c1-12-2-5-14(6-3-12)23-19(28)24-17(26)9-21-10-25-11-22-16-7-4-13(20)8-15(16)18(25)27/h2-8,11,21H,9-10H2,1H3,(H2,23,24,26,28). The Labute approximate surface area is 169 Å². The van der Waals surface area contributed by atoms with Gasteiger partial charge in [0.15, 0.2) is 0 Å². The summed E-state index contributed by atoms with van der Waals surface area (Å²) in [5.41, 5.74) is 2.02. The molecule has 0 spiro atoms. The second-order valence-electron chi connectivity index (χ2n) is 6.13. The monoisotopic (exact) mass is 443 g/mol. The molecule has 2 aromatic carbocycles. The third-order valence-electron chi connectivity index (χ3n) is 3.92. The number of benzene rings is 2. The molecule has 1 heterocycles. The van der Waals surface area contributed by atoms with Gasteiger partial charge in [-0.15, -0.1) is 0 Å². The zero-order valence-electron chi connectivity index (χ0n) is 15.0. The van der Waals surface area contributed by atoms with Crippen molar-refractivity contribution < 1.29 is 9.59 Å². The molecule has 3 aromatic rings. The molecule has 0 aliphatic rings. The third kappa shape index (κ3) is 5.02. The fourth-order valence-corrected chi connectivity index (χ4v) is 2.86. The summed E-state index contributed by atoms with van der Waals surface area (Å²) in [6.07, 6.45) is 1.41. The zero-order valence-corrected chi connectivity index (χ0v) is 16.6. The summed E-state index contributed by atoms with van der Waals surface area (Å²) in [6, 6.07) is 11.8. The van der Waals surface area contributed by atoms with Crippen LogP contribution in [0.25, 0.3) is 10.9 Å². The number of nitrogens with zero attached hydrogens (tertiary/aromatic N) is 2. The van der Waals surface area contributed by atoms with Crippen LogP contribution in [0.15, 0.2) is 58.1 Å². The van der Waals surface area contributed by atoms with Crippen molar-refractivity contribution >= 4 is 44.5 Å². The second kappa shape index (κ2) is 8.77. The lowest BCUT2D eigenvalue weighted by molar-refractivity contribution is -0.119. The maximum Gasteiger partial charge on any atom is 0.325 e. The Kier molecular flexibility index (Phi) is 6.17. The van der Waals surface area contributed by atoms with Crippen molar-refractivity contribution in [1.29, 1.82) is 0 Å². The van der Waals surface area contributed by atoms with Gasteiger partial charge in [0.2, 0.25) is 5.91 Å². The predicted octanol–water partition coefficient (Wildman–Crippen LogP) is 2.36. The van der Waals surface area contributed by atoms with E-state index in [1.165, 1.54) is 10.9 Å². The van der Waals surface area contributed by atoms with Crippen molar-refractivity contribution in [3.8, 4) is 0 Å². The van der Waals surface area contributed by atoms with E-state index < -0.39 is 11.9 Å². The summed E-state index contributed by atoms with van der Waals surface area (Å²) in [4.78, 5) is 40.4. The molecule has 0 saturated heterocycles. The lowest BCUT2D eigenvalue weighted by atomic mass is 10.2. The number of rotatable bonds is 5. The van der Waals surface area contributed by atoms with Gasteiger partial charge >= 0.3 is 6.03 Å². The molecule has 28 heavy (non-hydrogen) atoms. The van der Waals surface area contributed by atoms with Gasteiger partial charge in [-0.3, -0.25) is 24.8 Å². The highest BCUT2D eigenvalue weighted by Gasteiger charge is 2.09. The zero-order chi connectivity index (χ0) is 20.1. The molecule has 144 valence electrons. The van der Waals surface area contributed by atoms with Crippen LogP contribution in [0.5, 0.6) is 0 Å². The number of anilines is 1. The molecule has 0 atom stereocenters. The summed E-state index contributed by atoms with van der Waals surface area (Å²) in [6.45, 7) is 1.89. The molecular formula is C19H18BrN5O3. The number of carbonyl (C=O) groups excluding carboxylic acids is 2. The molecule has 9 heteroatoms. The van der Waals surface area contributed by atoms with Crippen LogP contribution in [0.1, 0.15) is 5.56 Å². The molecule has 0 fully saturated rings. The van der Waals surface area contributed by atoms with Gasteiger partial charge < -0.3 is 5.32 Å². The lowest BCUT2D eigenvalue weighted by Crippen LogP contribution is -2.41. The smallest absolute Gasteiger partial charge is 0.308 e. The molecule has 0 radical (unpaired) electrons. The Morgan fingerprint density at radius 3 is 2.64 bits per heavy atom. The van der Waals surface area contributed by atoms with Crippen molar-refractivity contribution in [1.82, 2.24) is 20.2 Å². The van der Waals surface area contributed by atoms with Crippen LogP contribution < -0.4 is 21.5 Å². The first kappa shape index (κ1) is 19.7. The van der Waals surface area contributed by atoms with E-state index in [1.54, 1.807) is 24.3 Å². The number of carbonyl (C=O) groups is 2. The molecule has 0 bridgehead atoms. The molecular weight excluding hydrogens is 426 g/mol. The number of nitrogens with one attached hydrogen (secondary N) is 3. The SMILES string of the molecule is Cc1ccc(NC(=O)NC(=O)CNCn2cnc3ccc(Br)cc3c2=O)cc1. The largest absolute Gasteiger partial charge is 0.325 e. The minimum atomic E-state index is -0.620. The van der Waals surface area contributed by atoms with E-state index in [1.807, 2.05) is 25.1 Å². The average Bonchev–Trinajstić information content (AvgIpc) is 2.66. The van der Waals surface area contributed by atoms with E-state index in [4.69, 9.17) is 0 Å². The minimum absolute atomic E-state index is 0.0846. The van der Waals surface area contributed by atoms with Gasteiger partial charge in [-0.25, -0.2) is 9.78 Å². The first-order valence-corrected chi connectivity index (χ1v) is 9.24. The molecule has 3 rings (SSSR count). The van der Waals surface area contributed by atoms with Crippen LogP contribution in [0.4, 0.5) is 10.5 Å². The number of fused-ring (bicyclic) bond motifs is 1. The van der Waals surface area contributed by atoms with Crippen molar-refractivity contribution in [3.63, 3.8) is 0 Å². The number of urea groups is 1. The first-order chi connectivity index (χ1) is 13.4. The highest BCUT2D eigenvalue weighted by molar-refractivity contribution is 9.10. The van der Waals surface area contributed by atoms with Crippen LogP contribution in [0.3, 0.4) is 0 Å². The highest BCUT2D eigenvalue weighted by Crippen LogP contribution is 2.14. The number of halogens is 1. The number of amides is 3. The fourth-order valence-electron chi connectivity index (χ4n) is 2.50. The maximum absolute atomic E-state index is 12.5. The molecule has 0 unspecified atom stereocenters. The van der Waals surface area contributed by atoms with Crippen LogP contribution in [-0.4, -0.2) is 28.0 Å². The van der Waals surface area contributed by atoms with Crippen LogP contribution in [0, 0.1) is 6.92 Å². The third-order valence-corrected chi connectivity index (χ3v) is 4.41. The van der Waals surface area contributed by atoms with Crippen molar-refractivity contribution in [3.05, 3.63) is 69.2 Å². The summed E-state index contributed by atoms with van der Waals surface area (Å²) < 4.78 is 2.14. The van der Waals surface area contributed by atoms with Crippen molar-refractivity contribution in [2.45, 2.75) is 13.6 Å². The van der Waals surface area contributed by atoms with Gasteiger partial charge in [0, 0.05) is 10.2 Å². The van der Waals surface area contributed by atoms with Crippen LogP contribution in [0.2, 0.25) is 0 Å². The maximum atomic E-state index is 12.5. The number of hydrogen-bond donors (Lipinski definition) is 3. The Morgan fingerprint density at radius 2 is 1.89 bits per heavy atom. The van der Waals surface area contributed by atoms with Gasteiger partial charge in [-0.1, -0.05) is 33.6 Å². The number of aromatic nitrogens is 2. The molecule has 8 nitrogen and oxygen atoms in total. The summed E-state index contributed by atoms with van der Waals surface area (Å²) >= 11 is 3.33. The predicted molar refractivity (Wildman–Crippen MR) is 110 cm³/mol. The van der Waals surface area contributed by atoms with Gasteiger partial charge in [0.1, 0.15) is 0 Å². The average molecular weight is 444 g/mol. The highest BCUT2D eigenvalue weighted by atomic mass is 79.9. The van der Waals surface area contributed by atoms with Gasteiger partial charge in [-0.2, -0.15) is 0 Å². The molecule has 1 aromatic heterocycles. The molecule has 0 aliphatic carbocycles. The van der Waals surface area contributed by atoms with Crippen molar-refractivity contribution in [2.75, 3.05) is 11.9 Å². The summed E-state index contributed by atoms with van der Waals surface area (Å²) in [5.74, 6) is -0.519. The van der Waals surface area contributed by atoms with Gasteiger partial charge in [0.25, 0.3) is 5.56 Å². The Morgan fingerprint density at radius 1 is 1.14 bits per heavy atom. The van der Waals surface area contributed by atoms with Crippen LogP contribution in [-0.2, 0) is 11.5 Å². The van der Waals surface area contributed by atoms with Crippen LogP contribution >= 0.6 is 15.9 Å². The van der Waals surface area contributed by atoms with Gasteiger partial charge in [-0.05, 0) is 37.3 Å². The van der Waals surface area contributed by atoms with E-state index in [0.29, 0.717) is 16.6 Å². The topological polar surface area (TPSA) is 105 Å². The fraction of sp³-hybridized carbons (Fsp3) is 0.158. The normalized spacial score (nSPS) is 10.6. The number of imide groups is 1. The summed E-state index contributed by atoms with van der Waals surface area (Å²) in [7, 11) is 0. The van der Waals surface area contributed by atoms with E-state index in [0.717, 1.165) is 10.0 Å². The molecule has 0 aliphatic heterocycles. The second-order valence-corrected chi connectivity index (χ2v) is 7.05. The van der Waals surface area contributed by atoms with E-state index >= 15 is 0 Å². The quantitative estimate of drug-likeness (QED) is 0.561. The van der Waals surface area contributed by atoms with E-state index in [2.05, 4.69) is 36.9 Å². The molecule has 0 saturated carbocycles.